The van der Waals surface area contributed by atoms with Gasteiger partial charge < -0.3 is 14.9 Å². The van der Waals surface area contributed by atoms with Crippen LogP contribution in [0.4, 0.5) is 0 Å². The van der Waals surface area contributed by atoms with E-state index in [0.717, 1.165) is 140 Å². The molecule has 496 valence electrons. The predicted molar refractivity (Wildman–Crippen MR) is 386 cm³/mol. The Bertz CT molecular complexity index is 4460. The van der Waals surface area contributed by atoms with Gasteiger partial charge in [-0.2, -0.15) is 0 Å². The molecule has 2 N–H and O–H groups in total. The van der Waals surface area contributed by atoms with Gasteiger partial charge in [-0.25, -0.2) is 0 Å². The van der Waals surface area contributed by atoms with E-state index in [1.807, 2.05) is 158 Å². The van der Waals surface area contributed by atoms with Crippen LogP contribution in [0.1, 0.15) is 110 Å². The molecule has 0 amide bonds. The van der Waals surface area contributed by atoms with E-state index in [-0.39, 0.29) is 13.2 Å². The first-order chi connectivity index (χ1) is 48.0. The fraction of sp³-hybridized carbons (Fsp3) is 0.259. The van der Waals surface area contributed by atoms with Gasteiger partial charge >= 0.3 is 0 Å². The van der Waals surface area contributed by atoms with E-state index in [4.69, 9.17) is 4.74 Å². The summed E-state index contributed by atoms with van der Waals surface area (Å²) in [6, 6.07) is 58.5. The maximum Gasteiger partial charge on any atom is 0.205 e. The molecule has 0 aliphatic carbocycles. The van der Waals surface area contributed by atoms with Gasteiger partial charge in [-0.05, 0) is 169 Å². The molecule has 0 saturated carbocycles. The molecule has 13 rings (SSSR count). The average Bonchev–Trinajstić information content (AvgIpc) is 1.14. The Morgan fingerprint density at radius 1 is 0.367 bits per heavy atom. The third kappa shape index (κ3) is 20.6. The van der Waals surface area contributed by atoms with Crippen molar-refractivity contribution in [1.82, 2.24) is 70.7 Å². The number of aliphatic hydroxyl groups excluding tert-OH is 2. The Balaban J connectivity index is 0.000000154. The minimum absolute atomic E-state index is 0.0430. The van der Waals surface area contributed by atoms with Crippen LogP contribution in [0.5, 0.6) is 0 Å². The molecule has 0 fully saturated rings. The number of pyridine rings is 6. The normalized spacial score (nSPS) is 11.5. The Morgan fingerprint density at radius 2 is 0.786 bits per heavy atom. The second-order valence-electron chi connectivity index (χ2n) is 25.1. The van der Waals surface area contributed by atoms with Gasteiger partial charge in [0.25, 0.3) is 0 Å². The molecule has 0 bridgehead atoms. The molecule has 0 spiro atoms. The van der Waals surface area contributed by atoms with Crippen LogP contribution < -0.4 is 0 Å². The summed E-state index contributed by atoms with van der Waals surface area (Å²) in [4.78, 5) is 27.2. The number of hydrogen-bond acceptors (Lipinski definition) is 17. The minimum atomic E-state index is 0.0430. The van der Waals surface area contributed by atoms with Crippen molar-refractivity contribution < 1.29 is 14.9 Å². The largest absolute Gasteiger partial charge is 0.501 e. The van der Waals surface area contributed by atoms with E-state index in [0.29, 0.717) is 55.1 Å². The number of hydrogen-bond donors (Lipinski definition) is 2. The van der Waals surface area contributed by atoms with E-state index in [1.165, 1.54) is 16.7 Å². The molecule has 0 unspecified atom stereocenters. The van der Waals surface area contributed by atoms with Gasteiger partial charge in [0.2, 0.25) is 11.6 Å². The van der Waals surface area contributed by atoms with Crippen LogP contribution in [-0.4, -0.2) is 101 Å². The molecule has 0 atom stereocenters. The van der Waals surface area contributed by atoms with Crippen LogP contribution in [0.3, 0.4) is 0 Å². The van der Waals surface area contributed by atoms with E-state index in [1.54, 1.807) is 18.7 Å². The first kappa shape index (κ1) is 69.9. The Morgan fingerprint density at radius 3 is 1.28 bits per heavy atom. The van der Waals surface area contributed by atoms with Gasteiger partial charge in [0.05, 0.1) is 52.7 Å². The summed E-state index contributed by atoms with van der Waals surface area (Å²) in [5.74, 6) is 2.56. The molecule has 1 aliphatic rings. The van der Waals surface area contributed by atoms with Crippen LogP contribution >= 0.6 is 0 Å². The zero-order valence-corrected chi connectivity index (χ0v) is 56.6. The third-order valence-electron chi connectivity index (χ3n) is 15.8. The van der Waals surface area contributed by atoms with Gasteiger partial charge in [0.1, 0.15) is 0 Å². The zero-order chi connectivity index (χ0) is 68.3. The van der Waals surface area contributed by atoms with Crippen molar-refractivity contribution in [1.29, 1.82) is 0 Å². The van der Waals surface area contributed by atoms with E-state index in [2.05, 4.69) is 161 Å². The lowest BCUT2D eigenvalue weighted by molar-refractivity contribution is 0.281. The molecular formula is C81H84N14O3. The van der Waals surface area contributed by atoms with Crippen molar-refractivity contribution in [3.05, 3.63) is 287 Å². The van der Waals surface area contributed by atoms with Gasteiger partial charge in [0.15, 0.2) is 0 Å². The highest BCUT2D eigenvalue weighted by atomic mass is 16.5. The van der Waals surface area contributed by atoms with Crippen molar-refractivity contribution in [3.63, 3.8) is 0 Å². The molecule has 98 heavy (non-hydrogen) atoms. The highest BCUT2D eigenvalue weighted by Crippen LogP contribution is 2.31. The summed E-state index contributed by atoms with van der Waals surface area (Å²) < 4.78 is 4.76. The Labute approximate surface area is 574 Å². The van der Waals surface area contributed by atoms with Gasteiger partial charge in [-0.1, -0.05) is 133 Å². The standard InChI is InChI=1S/2C27H28N4O.C23H22N6.C4H6O/c1-19(2)15-23-17-21(10-13-28-23)25-18-22(11-14-32)27(31-30-25)24-9-6-12-29-26(24)16-20-7-4-3-5-8-20;1-19(2)15-23-17-21(10-13-28-23)27-22(11-14-32)18-26(30-31-27)24-9-6-12-29-25(24)16-20-7-4-3-5-8-20;1-16(2)13-19-15-18(10-12-24-19)22-26-28-23(29-27-22)20-9-6-11-25-21(20)14-17-7-4-3-5-8-17;1-2-4-5-3-1/h2*3-10,12-13,17-19,32H,11,14-16H2,1-2H3;3-12,15-16H,13-14H2,1-2H3;1,3H,2,4H2. The minimum Gasteiger partial charge on any atom is -0.501 e. The van der Waals surface area contributed by atoms with Gasteiger partial charge in [0, 0.05) is 127 Å². The van der Waals surface area contributed by atoms with Crippen LogP contribution in [0.2, 0.25) is 0 Å². The van der Waals surface area contributed by atoms with Crippen LogP contribution in [-0.2, 0) is 56.1 Å². The maximum atomic E-state index is 9.73. The summed E-state index contributed by atoms with van der Waals surface area (Å²) >= 11 is 0. The molecule has 3 aromatic carbocycles. The number of benzene rings is 3. The Kier molecular flexibility index (Phi) is 25.9. The fourth-order valence-corrected chi connectivity index (χ4v) is 11.2. The van der Waals surface area contributed by atoms with Crippen molar-refractivity contribution in [2.24, 2.45) is 17.8 Å². The number of ether oxygens (including phenoxy) is 1. The van der Waals surface area contributed by atoms with Crippen LogP contribution in [0, 0.1) is 17.8 Å². The number of aromatic nitrogens is 14. The average molecular weight is 1300 g/mol. The number of rotatable bonds is 22. The monoisotopic (exact) mass is 1300 g/mol. The van der Waals surface area contributed by atoms with Crippen LogP contribution in [0.25, 0.3) is 67.8 Å². The first-order valence-corrected chi connectivity index (χ1v) is 33.6. The molecule has 0 radical (unpaired) electrons. The van der Waals surface area contributed by atoms with Crippen molar-refractivity contribution in [2.75, 3.05) is 19.8 Å². The molecule has 9 aromatic heterocycles. The number of aliphatic hydroxyl groups is 2. The van der Waals surface area contributed by atoms with E-state index in [9.17, 15) is 10.2 Å². The first-order valence-electron chi connectivity index (χ1n) is 33.6. The van der Waals surface area contributed by atoms with Crippen molar-refractivity contribution >= 4 is 0 Å². The number of nitrogens with zero attached hydrogens (tertiary/aromatic N) is 14. The summed E-state index contributed by atoms with van der Waals surface area (Å²) in [7, 11) is 0. The summed E-state index contributed by atoms with van der Waals surface area (Å²) in [5.41, 5.74) is 20.1. The molecule has 10 heterocycles. The van der Waals surface area contributed by atoms with Crippen LogP contribution in [0.15, 0.2) is 225 Å². The van der Waals surface area contributed by atoms with Crippen molar-refractivity contribution in [2.45, 2.75) is 99.3 Å². The lowest BCUT2D eigenvalue weighted by atomic mass is 9.98. The smallest absolute Gasteiger partial charge is 0.205 e. The molecule has 17 nitrogen and oxygen atoms in total. The molecule has 0 saturated heterocycles. The quantitative estimate of drug-likeness (QED) is 0.0642. The second kappa shape index (κ2) is 36.3. The van der Waals surface area contributed by atoms with Gasteiger partial charge in [-0.15, -0.1) is 40.8 Å². The van der Waals surface area contributed by atoms with E-state index < -0.39 is 0 Å². The summed E-state index contributed by atoms with van der Waals surface area (Å²) in [6.45, 7) is 14.1. The highest BCUT2D eigenvalue weighted by Gasteiger charge is 2.19. The fourth-order valence-electron chi connectivity index (χ4n) is 11.2. The second-order valence-corrected chi connectivity index (χ2v) is 25.1. The molecule has 17 heteroatoms. The Hall–Kier alpha value is -10.9. The highest BCUT2D eigenvalue weighted by molar-refractivity contribution is 5.71. The molecule has 12 aromatic rings. The van der Waals surface area contributed by atoms with Crippen molar-refractivity contribution in [3.8, 4) is 67.8 Å². The lowest BCUT2D eigenvalue weighted by Crippen LogP contribution is -2.04. The van der Waals surface area contributed by atoms with Gasteiger partial charge in [-0.3, -0.25) is 29.9 Å². The van der Waals surface area contributed by atoms with E-state index >= 15 is 0 Å². The lowest BCUT2D eigenvalue weighted by Gasteiger charge is -2.13. The molecule has 1 aliphatic heterocycles. The summed E-state index contributed by atoms with van der Waals surface area (Å²) in [5, 5.41) is 55.1. The zero-order valence-electron chi connectivity index (χ0n) is 56.6. The maximum absolute atomic E-state index is 9.73. The predicted octanol–water partition coefficient (Wildman–Crippen LogP) is 14.9. The third-order valence-corrected chi connectivity index (χ3v) is 15.8. The molecular weight excluding hydrogens is 1220 g/mol. The summed E-state index contributed by atoms with van der Waals surface area (Å²) in [6.07, 6.45) is 21.6. The SMILES string of the molecule is C1=COCC1.CC(C)Cc1cc(-c2cc(CCO)c(-c3cccnc3Cc3ccccc3)nn2)ccn1.CC(C)Cc1cc(-c2nnc(-c3cccnc3Cc3ccccc3)cc2CCO)ccn1.CC(C)Cc1cc(-c2nnc(-c3cccnc3Cc3ccccc3)nn2)ccn1. The topological polar surface area (TPSA) is 230 Å².